The summed E-state index contributed by atoms with van der Waals surface area (Å²) in [6.07, 6.45) is 8.02. The van der Waals surface area contributed by atoms with Crippen molar-refractivity contribution in [1.29, 1.82) is 0 Å². The van der Waals surface area contributed by atoms with Crippen molar-refractivity contribution in [3.05, 3.63) is 197 Å². The van der Waals surface area contributed by atoms with Crippen molar-refractivity contribution >= 4 is 22.8 Å². The van der Waals surface area contributed by atoms with Crippen LogP contribution in [-0.2, 0) is 5.41 Å². The lowest BCUT2D eigenvalue weighted by Gasteiger charge is -2.33. The molecule has 2 atom stereocenters. The van der Waals surface area contributed by atoms with Crippen LogP contribution in [0, 0.1) is 5.92 Å². The number of aliphatic imine (C=N–C) groups is 2. The highest BCUT2D eigenvalue weighted by molar-refractivity contribution is 6.06. The van der Waals surface area contributed by atoms with Crippen LogP contribution >= 0.6 is 0 Å². The van der Waals surface area contributed by atoms with E-state index >= 15 is 0 Å². The lowest BCUT2D eigenvalue weighted by atomic mass is 9.68. The Morgan fingerprint density at radius 3 is 1.93 bits per heavy atom. The van der Waals surface area contributed by atoms with Crippen LogP contribution in [0.5, 0.6) is 0 Å². The third-order valence-electron chi connectivity index (χ3n) is 11.5. The fourth-order valence-electron chi connectivity index (χ4n) is 8.57. The van der Waals surface area contributed by atoms with E-state index in [-0.39, 0.29) is 5.92 Å². The average molecular weight is 757 g/mol. The molecule has 0 saturated heterocycles. The number of hydrogen-bond donors (Lipinski definition) is 1. The Hall–Kier alpha value is -6.79. The van der Waals surface area contributed by atoms with Gasteiger partial charge in [-0.05, 0) is 71.7 Å². The molecule has 8 rings (SSSR count). The van der Waals surface area contributed by atoms with Gasteiger partial charge in [0.25, 0.3) is 0 Å². The van der Waals surface area contributed by atoms with Gasteiger partial charge in [-0.1, -0.05) is 165 Å². The lowest BCUT2D eigenvalue weighted by Crippen LogP contribution is -2.27. The molecule has 0 saturated carbocycles. The van der Waals surface area contributed by atoms with Gasteiger partial charge in [0.2, 0.25) is 0 Å². The Balaban J connectivity index is 1.29. The normalized spacial score (nSPS) is 17.0. The molecule has 0 fully saturated rings. The minimum atomic E-state index is -0.446. The van der Waals surface area contributed by atoms with Crippen molar-refractivity contribution in [3.63, 3.8) is 0 Å². The van der Waals surface area contributed by atoms with Crippen molar-refractivity contribution < 1.29 is 0 Å². The summed E-state index contributed by atoms with van der Waals surface area (Å²) in [5.41, 5.74) is 20.1. The smallest absolute Gasteiger partial charge is 0.164 e. The number of rotatable bonds is 11. The van der Waals surface area contributed by atoms with Crippen LogP contribution in [0.25, 0.3) is 45.3 Å². The predicted octanol–water partition coefficient (Wildman–Crippen LogP) is 11.7. The first-order chi connectivity index (χ1) is 28.3. The summed E-state index contributed by atoms with van der Waals surface area (Å²) in [5, 5.41) is 0. The molecule has 6 nitrogen and oxygen atoms in total. The SMILES string of the molecule is C=CCCN=C(N=C(N)c1ccccc1)C(C)/C=C\C1=C(CC)C2(C(C)=C(C)c3ccccc32)c2cc(-c3nc(-c4ccccc4)nc(-c4ccccc4)n3)ccc21. The van der Waals surface area contributed by atoms with Gasteiger partial charge in [0, 0.05) is 34.7 Å². The van der Waals surface area contributed by atoms with E-state index in [2.05, 4.69) is 88.9 Å². The van der Waals surface area contributed by atoms with Gasteiger partial charge in [-0.2, -0.15) is 0 Å². The first kappa shape index (κ1) is 38.1. The first-order valence-electron chi connectivity index (χ1n) is 20.1. The van der Waals surface area contributed by atoms with Gasteiger partial charge in [0.1, 0.15) is 11.7 Å². The second kappa shape index (κ2) is 16.4. The largest absolute Gasteiger partial charge is 0.383 e. The van der Waals surface area contributed by atoms with E-state index in [9.17, 15) is 0 Å². The monoisotopic (exact) mass is 756 g/mol. The van der Waals surface area contributed by atoms with Crippen LogP contribution in [0.3, 0.4) is 0 Å². The minimum Gasteiger partial charge on any atom is -0.383 e. The van der Waals surface area contributed by atoms with E-state index in [1.807, 2.05) is 97.1 Å². The summed E-state index contributed by atoms with van der Waals surface area (Å²) in [7, 11) is 0. The molecule has 1 heterocycles. The predicted molar refractivity (Wildman–Crippen MR) is 241 cm³/mol. The maximum Gasteiger partial charge on any atom is 0.164 e. The molecule has 0 amide bonds. The number of fused-ring (bicyclic) bond motifs is 4. The topological polar surface area (TPSA) is 89.4 Å². The van der Waals surface area contributed by atoms with Crippen molar-refractivity contribution in [2.75, 3.05) is 6.54 Å². The molecule has 2 unspecified atom stereocenters. The van der Waals surface area contributed by atoms with Gasteiger partial charge in [-0.3, -0.25) is 4.99 Å². The van der Waals surface area contributed by atoms with Crippen LogP contribution < -0.4 is 5.73 Å². The zero-order valence-corrected chi connectivity index (χ0v) is 33.7. The fraction of sp³-hybridized carbons (Fsp3) is 0.173. The molecule has 58 heavy (non-hydrogen) atoms. The summed E-state index contributed by atoms with van der Waals surface area (Å²) in [5.74, 6) is 2.96. The number of allylic oxidation sites excluding steroid dienone is 5. The van der Waals surface area contributed by atoms with Gasteiger partial charge in [-0.15, -0.1) is 6.58 Å². The van der Waals surface area contributed by atoms with Crippen molar-refractivity contribution in [2.24, 2.45) is 21.6 Å². The maximum atomic E-state index is 6.56. The third kappa shape index (κ3) is 6.85. The summed E-state index contributed by atoms with van der Waals surface area (Å²) >= 11 is 0. The van der Waals surface area contributed by atoms with Gasteiger partial charge >= 0.3 is 0 Å². The van der Waals surface area contributed by atoms with Gasteiger partial charge in [0.15, 0.2) is 17.5 Å². The Bertz CT molecular complexity index is 2590. The number of nitrogens with two attached hydrogens (primary N) is 1. The van der Waals surface area contributed by atoms with Gasteiger partial charge in [-0.25, -0.2) is 19.9 Å². The van der Waals surface area contributed by atoms with Crippen LogP contribution in [0.2, 0.25) is 0 Å². The molecule has 2 aliphatic carbocycles. The summed E-state index contributed by atoms with van der Waals surface area (Å²) in [4.78, 5) is 25.0. The number of benzene rings is 5. The van der Waals surface area contributed by atoms with Gasteiger partial charge < -0.3 is 5.73 Å². The number of nitrogens with zero attached hydrogens (tertiary/aromatic N) is 5. The highest BCUT2D eigenvalue weighted by Crippen LogP contribution is 2.61. The Morgan fingerprint density at radius 2 is 1.31 bits per heavy atom. The second-order valence-electron chi connectivity index (χ2n) is 14.9. The van der Waals surface area contributed by atoms with E-state index in [4.69, 9.17) is 30.7 Å². The molecule has 1 spiro atoms. The molecule has 286 valence electrons. The Morgan fingerprint density at radius 1 is 0.724 bits per heavy atom. The zero-order chi connectivity index (χ0) is 40.2. The number of hydrogen-bond acceptors (Lipinski definition) is 4. The molecule has 1 aromatic heterocycles. The highest BCUT2D eigenvalue weighted by atomic mass is 15.0. The van der Waals surface area contributed by atoms with E-state index in [0.29, 0.717) is 35.7 Å². The van der Waals surface area contributed by atoms with Crippen LogP contribution in [0.15, 0.2) is 179 Å². The zero-order valence-electron chi connectivity index (χ0n) is 33.7. The second-order valence-corrected chi connectivity index (χ2v) is 14.9. The van der Waals surface area contributed by atoms with E-state index in [1.54, 1.807) is 0 Å². The lowest BCUT2D eigenvalue weighted by molar-refractivity contribution is 0.711. The van der Waals surface area contributed by atoms with Crippen LogP contribution in [0.4, 0.5) is 0 Å². The molecular weight excluding hydrogens is 709 g/mol. The molecule has 6 heteroatoms. The molecule has 5 aromatic carbocycles. The quantitative estimate of drug-likeness (QED) is 0.0617. The molecule has 6 aromatic rings. The standard InChI is InChI=1S/C52H48N6/c1-6-8-32-54-48(55-47(53)37-20-12-9-13-21-37)34(3)28-30-42-43-31-29-40(33-46(43)52(44(42)7-2)36(5)35(4)41-26-18-19-27-45(41)52)51-57-49(38-22-14-10-15-23-38)56-50(58-51)39-24-16-11-17-25-39/h6,9-31,33-34H,1,7-8,32H2,2-5H3,(H2,53,54,55)/b30-28-. The van der Waals surface area contributed by atoms with E-state index < -0.39 is 5.41 Å². The minimum absolute atomic E-state index is 0.107. The third-order valence-corrected chi connectivity index (χ3v) is 11.5. The molecular formula is C52H48N6. The summed E-state index contributed by atoms with van der Waals surface area (Å²) in [6, 6.07) is 45.8. The molecule has 0 bridgehead atoms. The fourth-order valence-corrected chi connectivity index (χ4v) is 8.57. The van der Waals surface area contributed by atoms with Gasteiger partial charge in [0.05, 0.1) is 5.41 Å². The van der Waals surface area contributed by atoms with Crippen LogP contribution in [-0.4, -0.2) is 33.2 Å². The Kier molecular flexibility index (Phi) is 10.7. The van der Waals surface area contributed by atoms with Crippen molar-refractivity contribution in [1.82, 2.24) is 15.0 Å². The number of amidine groups is 2. The Labute approximate surface area is 342 Å². The van der Waals surface area contributed by atoms with E-state index in [1.165, 1.54) is 44.5 Å². The molecule has 0 aliphatic heterocycles. The maximum absolute atomic E-state index is 6.56. The first-order valence-corrected chi connectivity index (χ1v) is 20.1. The highest BCUT2D eigenvalue weighted by Gasteiger charge is 2.51. The van der Waals surface area contributed by atoms with Crippen LogP contribution in [0.1, 0.15) is 68.4 Å². The summed E-state index contributed by atoms with van der Waals surface area (Å²) in [6.45, 7) is 13.5. The van der Waals surface area contributed by atoms with Crippen molar-refractivity contribution in [3.8, 4) is 34.2 Å². The van der Waals surface area contributed by atoms with E-state index in [0.717, 1.165) is 35.1 Å². The van der Waals surface area contributed by atoms with Crippen molar-refractivity contribution in [2.45, 2.75) is 46.0 Å². The molecule has 0 radical (unpaired) electrons. The molecule has 2 aliphatic rings. The number of aromatic nitrogens is 3. The summed E-state index contributed by atoms with van der Waals surface area (Å²) < 4.78 is 0. The molecule has 2 N–H and O–H groups in total. The average Bonchev–Trinajstić information content (AvgIpc) is 3.69.